The van der Waals surface area contributed by atoms with Crippen molar-refractivity contribution in [1.82, 2.24) is 14.8 Å². The molecule has 4 nitrogen and oxygen atoms in total. The summed E-state index contributed by atoms with van der Waals surface area (Å²) >= 11 is 0. The lowest BCUT2D eigenvalue weighted by atomic mass is 10.2. The lowest BCUT2D eigenvalue weighted by molar-refractivity contribution is 0.127. The molecule has 1 aromatic rings. The van der Waals surface area contributed by atoms with E-state index in [-0.39, 0.29) is 0 Å². The van der Waals surface area contributed by atoms with Gasteiger partial charge in [0.25, 0.3) is 0 Å². The number of hydrogen-bond donors (Lipinski definition) is 1. The van der Waals surface area contributed by atoms with E-state index in [2.05, 4.69) is 39.2 Å². The van der Waals surface area contributed by atoms with Crippen LogP contribution in [0.5, 0.6) is 0 Å². The second kappa shape index (κ2) is 6.71. The van der Waals surface area contributed by atoms with Crippen LogP contribution in [0.2, 0.25) is 0 Å². The molecule has 2 heterocycles. The van der Waals surface area contributed by atoms with E-state index in [9.17, 15) is 0 Å². The largest absolute Gasteiger partial charge is 0.373 e. The molecule has 1 aliphatic rings. The SMILES string of the molecule is CCCN1CCN(Cc2ccnc(NC)c2)CC1. The molecule has 18 heavy (non-hydrogen) atoms. The molecule has 0 bridgehead atoms. The van der Waals surface area contributed by atoms with Gasteiger partial charge >= 0.3 is 0 Å². The molecule has 1 aromatic heterocycles. The Kier molecular flexibility index (Phi) is 4.96. The highest BCUT2D eigenvalue weighted by Gasteiger charge is 2.16. The normalized spacial score (nSPS) is 17.9. The Labute approximate surface area is 110 Å². The van der Waals surface area contributed by atoms with Crippen LogP contribution in [0.3, 0.4) is 0 Å². The molecule has 1 saturated heterocycles. The smallest absolute Gasteiger partial charge is 0.125 e. The highest BCUT2D eigenvalue weighted by atomic mass is 15.3. The summed E-state index contributed by atoms with van der Waals surface area (Å²) in [5, 5.41) is 3.09. The standard InChI is InChI=1S/C14H24N4/c1-3-6-17-7-9-18(10-8-17)12-13-4-5-16-14(11-13)15-2/h4-5,11H,3,6-10,12H2,1-2H3,(H,15,16). The third-order valence-corrected chi connectivity index (χ3v) is 3.49. The van der Waals surface area contributed by atoms with E-state index in [0.717, 1.165) is 12.4 Å². The summed E-state index contributed by atoms with van der Waals surface area (Å²) in [5.41, 5.74) is 1.35. The molecule has 0 aliphatic carbocycles. The number of nitrogens with one attached hydrogen (secondary N) is 1. The Bertz CT molecular complexity index is 359. The Morgan fingerprint density at radius 1 is 1.22 bits per heavy atom. The van der Waals surface area contributed by atoms with Crippen LogP contribution in [-0.4, -0.2) is 54.6 Å². The number of rotatable bonds is 5. The third-order valence-electron chi connectivity index (χ3n) is 3.49. The molecule has 0 radical (unpaired) electrons. The van der Waals surface area contributed by atoms with Gasteiger partial charge in [-0.25, -0.2) is 4.98 Å². The first-order chi connectivity index (χ1) is 8.81. The van der Waals surface area contributed by atoms with Crippen molar-refractivity contribution < 1.29 is 0 Å². The predicted molar refractivity (Wildman–Crippen MR) is 75.8 cm³/mol. The quantitative estimate of drug-likeness (QED) is 0.858. The second-order valence-electron chi connectivity index (χ2n) is 4.92. The van der Waals surface area contributed by atoms with Crippen LogP contribution in [-0.2, 0) is 6.54 Å². The summed E-state index contributed by atoms with van der Waals surface area (Å²) in [6, 6.07) is 4.25. The number of anilines is 1. The van der Waals surface area contributed by atoms with Crippen molar-refractivity contribution in [3.8, 4) is 0 Å². The van der Waals surface area contributed by atoms with E-state index in [4.69, 9.17) is 0 Å². The first-order valence-electron chi connectivity index (χ1n) is 6.89. The van der Waals surface area contributed by atoms with Crippen LogP contribution in [0.25, 0.3) is 0 Å². The Balaban J connectivity index is 1.83. The fourth-order valence-corrected chi connectivity index (χ4v) is 2.45. The van der Waals surface area contributed by atoms with Gasteiger partial charge in [0.2, 0.25) is 0 Å². The summed E-state index contributed by atoms with van der Waals surface area (Å²) in [4.78, 5) is 9.34. The first kappa shape index (κ1) is 13.3. The van der Waals surface area contributed by atoms with Crippen LogP contribution in [0, 0.1) is 0 Å². The molecule has 100 valence electrons. The molecule has 1 fully saturated rings. The second-order valence-corrected chi connectivity index (χ2v) is 4.92. The minimum atomic E-state index is 0.956. The van der Waals surface area contributed by atoms with Gasteiger partial charge in [-0.1, -0.05) is 6.92 Å². The summed E-state index contributed by atoms with van der Waals surface area (Å²) in [5.74, 6) is 0.956. The average Bonchev–Trinajstić information content (AvgIpc) is 2.42. The van der Waals surface area contributed by atoms with Gasteiger partial charge in [0.15, 0.2) is 0 Å². The topological polar surface area (TPSA) is 31.4 Å². The van der Waals surface area contributed by atoms with Crippen molar-refractivity contribution in [2.75, 3.05) is 45.1 Å². The van der Waals surface area contributed by atoms with Gasteiger partial charge < -0.3 is 10.2 Å². The van der Waals surface area contributed by atoms with Crippen molar-refractivity contribution in [3.63, 3.8) is 0 Å². The molecule has 0 saturated carbocycles. The molecule has 0 spiro atoms. The zero-order valence-electron chi connectivity index (χ0n) is 11.5. The molecule has 2 rings (SSSR count). The van der Waals surface area contributed by atoms with Crippen LogP contribution in [0.15, 0.2) is 18.3 Å². The molecular weight excluding hydrogens is 224 g/mol. The molecule has 4 heteroatoms. The molecule has 1 aliphatic heterocycles. The Hall–Kier alpha value is -1.13. The van der Waals surface area contributed by atoms with Crippen molar-refractivity contribution >= 4 is 5.82 Å². The maximum atomic E-state index is 4.25. The van der Waals surface area contributed by atoms with Gasteiger partial charge in [0.05, 0.1) is 0 Å². The minimum Gasteiger partial charge on any atom is -0.373 e. The zero-order valence-corrected chi connectivity index (χ0v) is 11.5. The van der Waals surface area contributed by atoms with E-state index in [1.165, 1.54) is 44.7 Å². The van der Waals surface area contributed by atoms with E-state index in [1.807, 2.05) is 13.2 Å². The number of aromatic nitrogens is 1. The van der Waals surface area contributed by atoms with Crippen molar-refractivity contribution in [3.05, 3.63) is 23.9 Å². The molecule has 0 amide bonds. The monoisotopic (exact) mass is 248 g/mol. The molecule has 1 N–H and O–H groups in total. The highest BCUT2D eigenvalue weighted by molar-refractivity contribution is 5.36. The lowest BCUT2D eigenvalue weighted by Crippen LogP contribution is -2.45. The fraction of sp³-hybridized carbons (Fsp3) is 0.643. The van der Waals surface area contributed by atoms with Gasteiger partial charge in [0, 0.05) is 46.0 Å². The van der Waals surface area contributed by atoms with E-state index in [1.54, 1.807) is 0 Å². The molecule has 0 aromatic carbocycles. The summed E-state index contributed by atoms with van der Waals surface area (Å²) in [7, 11) is 1.91. The zero-order chi connectivity index (χ0) is 12.8. The van der Waals surface area contributed by atoms with Crippen LogP contribution < -0.4 is 5.32 Å². The van der Waals surface area contributed by atoms with Gasteiger partial charge in [-0.05, 0) is 30.7 Å². The van der Waals surface area contributed by atoms with Crippen molar-refractivity contribution in [1.29, 1.82) is 0 Å². The summed E-state index contributed by atoms with van der Waals surface area (Å²) in [6.07, 6.45) is 3.14. The fourth-order valence-electron chi connectivity index (χ4n) is 2.45. The Morgan fingerprint density at radius 2 is 1.94 bits per heavy atom. The number of piperazine rings is 1. The molecule has 0 atom stereocenters. The number of hydrogen-bond acceptors (Lipinski definition) is 4. The molecule has 0 unspecified atom stereocenters. The van der Waals surface area contributed by atoms with Gasteiger partial charge in [-0.2, -0.15) is 0 Å². The van der Waals surface area contributed by atoms with E-state index >= 15 is 0 Å². The van der Waals surface area contributed by atoms with E-state index in [0.29, 0.717) is 0 Å². The predicted octanol–water partition coefficient (Wildman–Crippen LogP) is 1.65. The van der Waals surface area contributed by atoms with Gasteiger partial charge in [0.1, 0.15) is 5.82 Å². The van der Waals surface area contributed by atoms with E-state index < -0.39 is 0 Å². The third kappa shape index (κ3) is 3.68. The van der Waals surface area contributed by atoms with Crippen LogP contribution in [0.1, 0.15) is 18.9 Å². The number of nitrogens with zero attached hydrogens (tertiary/aromatic N) is 3. The number of pyridine rings is 1. The van der Waals surface area contributed by atoms with Crippen molar-refractivity contribution in [2.45, 2.75) is 19.9 Å². The van der Waals surface area contributed by atoms with Crippen molar-refractivity contribution in [2.24, 2.45) is 0 Å². The summed E-state index contributed by atoms with van der Waals surface area (Å²) in [6.45, 7) is 9.30. The first-order valence-corrected chi connectivity index (χ1v) is 6.89. The Morgan fingerprint density at radius 3 is 2.61 bits per heavy atom. The van der Waals surface area contributed by atoms with Gasteiger partial charge in [-0.15, -0.1) is 0 Å². The summed E-state index contributed by atoms with van der Waals surface area (Å²) < 4.78 is 0. The minimum absolute atomic E-state index is 0.956. The van der Waals surface area contributed by atoms with Gasteiger partial charge in [-0.3, -0.25) is 4.90 Å². The molecular formula is C14H24N4. The van der Waals surface area contributed by atoms with Crippen LogP contribution >= 0.6 is 0 Å². The maximum absolute atomic E-state index is 4.25. The average molecular weight is 248 g/mol. The van der Waals surface area contributed by atoms with Crippen LogP contribution in [0.4, 0.5) is 5.82 Å². The maximum Gasteiger partial charge on any atom is 0.125 e. The lowest BCUT2D eigenvalue weighted by Gasteiger charge is -2.34. The highest BCUT2D eigenvalue weighted by Crippen LogP contribution is 2.11.